The van der Waals surface area contributed by atoms with Crippen molar-refractivity contribution < 1.29 is 9.47 Å². The zero-order valence-electron chi connectivity index (χ0n) is 14.2. The molecular formula is C18H22ClN3O2. The van der Waals surface area contributed by atoms with Crippen LogP contribution >= 0.6 is 11.6 Å². The first-order valence-corrected chi connectivity index (χ1v) is 8.05. The Bertz CT molecular complexity index is 730. The fraction of sp³-hybridized carbons (Fsp3) is 0.389. The third kappa shape index (κ3) is 4.44. The first-order valence-electron chi connectivity index (χ1n) is 7.68. The molecule has 0 atom stereocenters. The molecule has 0 spiro atoms. The molecule has 2 N–H and O–H groups in total. The molecule has 6 heteroatoms. The quantitative estimate of drug-likeness (QED) is 0.825. The maximum atomic E-state index is 9.35. The van der Waals surface area contributed by atoms with Gasteiger partial charge in [0.25, 0.3) is 0 Å². The van der Waals surface area contributed by atoms with Gasteiger partial charge in [-0.05, 0) is 31.5 Å². The number of benzene rings is 1. The molecule has 2 aromatic rings. The van der Waals surface area contributed by atoms with Crippen LogP contribution in [0.3, 0.4) is 0 Å². The lowest BCUT2D eigenvalue weighted by molar-refractivity contribution is 0.00485. The van der Waals surface area contributed by atoms with E-state index in [0.717, 1.165) is 5.56 Å². The molecule has 0 aliphatic heterocycles. The molecule has 0 radical (unpaired) electrons. The molecule has 2 rings (SSSR count). The van der Waals surface area contributed by atoms with Crippen LogP contribution in [-0.2, 0) is 11.3 Å². The van der Waals surface area contributed by atoms with Gasteiger partial charge in [-0.15, -0.1) is 0 Å². The van der Waals surface area contributed by atoms with E-state index in [4.69, 9.17) is 26.8 Å². The van der Waals surface area contributed by atoms with E-state index in [1.165, 1.54) is 0 Å². The number of anilines is 1. The largest absolute Gasteiger partial charge is 0.477 e. The third-order valence-electron chi connectivity index (χ3n) is 3.94. The molecule has 0 aliphatic carbocycles. The summed E-state index contributed by atoms with van der Waals surface area (Å²) in [5, 5.41) is 10.0. The molecule has 0 fully saturated rings. The summed E-state index contributed by atoms with van der Waals surface area (Å²) in [5.41, 5.74) is 7.68. The lowest BCUT2D eigenvalue weighted by Crippen LogP contribution is -2.25. The Balaban J connectivity index is 2.20. The molecule has 1 aromatic heterocycles. The Morgan fingerprint density at radius 2 is 1.96 bits per heavy atom. The number of aromatic nitrogens is 1. The summed E-state index contributed by atoms with van der Waals surface area (Å²) in [7, 11) is 1.67. The third-order valence-corrected chi connectivity index (χ3v) is 4.19. The molecular weight excluding hydrogens is 326 g/mol. The van der Waals surface area contributed by atoms with Gasteiger partial charge in [-0.25, -0.2) is 0 Å². The molecule has 0 saturated carbocycles. The van der Waals surface area contributed by atoms with Gasteiger partial charge in [0.2, 0.25) is 5.88 Å². The predicted octanol–water partition coefficient (Wildman–Crippen LogP) is 3.84. The van der Waals surface area contributed by atoms with Crippen molar-refractivity contribution in [1.82, 2.24) is 4.57 Å². The van der Waals surface area contributed by atoms with Gasteiger partial charge in [-0.3, -0.25) is 4.57 Å². The topological polar surface area (TPSA) is 73.2 Å². The van der Waals surface area contributed by atoms with Crippen LogP contribution in [0.5, 0.6) is 5.88 Å². The molecule has 0 unspecified atom stereocenters. The van der Waals surface area contributed by atoms with Crippen molar-refractivity contribution in [2.45, 2.75) is 32.4 Å². The average Bonchev–Trinajstić information content (AvgIpc) is 2.85. The van der Waals surface area contributed by atoms with Crippen molar-refractivity contribution >= 4 is 17.3 Å². The van der Waals surface area contributed by atoms with E-state index in [0.29, 0.717) is 41.9 Å². The van der Waals surface area contributed by atoms with Crippen molar-refractivity contribution in [2.75, 3.05) is 19.5 Å². The van der Waals surface area contributed by atoms with Gasteiger partial charge in [0.05, 0.1) is 24.4 Å². The molecule has 5 nitrogen and oxygen atoms in total. The number of halogens is 1. The summed E-state index contributed by atoms with van der Waals surface area (Å²) < 4.78 is 13.0. The zero-order valence-corrected chi connectivity index (χ0v) is 14.9. The Labute approximate surface area is 147 Å². The van der Waals surface area contributed by atoms with Crippen molar-refractivity contribution in [2.24, 2.45) is 0 Å². The number of methoxy groups -OCH3 is 1. The molecule has 0 bridgehead atoms. The van der Waals surface area contributed by atoms with Gasteiger partial charge in [0.1, 0.15) is 11.8 Å². The average molecular weight is 348 g/mol. The first-order chi connectivity index (χ1) is 11.4. The molecule has 1 heterocycles. The summed E-state index contributed by atoms with van der Waals surface area (Å²) in [5.74, 6) is 0.508. The maximum absolute atomic E-state index is 9.35. The summed E-state index contributed by atoms with van der Waals surface area (Å²) in [6.45, 7) is 4.92. The summed E-state index contributed by atoms with van der Waals surface area (Å²) in [6.07, 6.45) is 0.705. The normalized spacial score (nSPS) is 11.3. The number of hydrogen-bond donors (Lipinski definition) is 1. The highest BCUT2D eigenvalue weighted by atomic mass is 35.5. The second-order valence-corrected chi connectivity index (χ2v) is 6.61. The van der Waals surface area contributed by atoms with Crippen LogP contribution in [0.15, 0.2) is 30.3 Å². The van der Waals surface area contributed by atoms with Crippen LogP contribution in [0.1, 0.15) is 31.5 Å². The van der Waals surface area contributed by atoms with Gasteiger partial charge >= 0.3 is 0 Å². The van der Waals surface area contributed by atoms with Crippen LogP contribution in [-0.4, -0.2) is 23.9 Å². The smallest absolute Gasteiger partial charge is 0.218 e. The Hall–Kier alpha value is -2.16. The highest BCUT2D eigenvalue weighted by Crippen LogP contribution is 2.28. The van der Waals surface area contributed by atoms with Crippen molar-refractivity contribution in [1.29, 1.82) is 5.26 Å². The minimum Gasteiger partial charge on any atom is -0.477 e. The lowest BCUT2D eigenvalue weighted by atomic mass is 10.1. The predicted molar refractivity (Wildman–Crippen MR) is 95.3 cm³/mol. The van der Waals surface area contributed by atoms with E-state index in [-0.39, 0.29) is 5.60 Å². The van der Waals surface area contributed by atoms with Gasteiger partial charge in [0.15, 0.2) is 0 Å². The van der Waals surface area contributed by atoms with Crippen molar-refractivity contribution in [3.63, 3.8) is 0 Å². The Morgan fingerprint density at radius 3 is 2.54 bits per heavy atom. The summed E-state index contributed by atoms with van der Waals surface area (Å²) in [6, 6.07) is 11.3. The number of rotatable bonds is 7. The molecule has 128 valence electrons. The van der Waals surface area contributed by atoms with E-state index in [1.807, 2.05) is 38.1 Å². The highest BCUT2D eigenvalue weighted by molar-refractivity contribution is 6.30. The molecule has 24 heavy (non-hydrogen) atoms. The Morgan fingerprint density at radius 1 is 1.29 bits per heavy atom. The molecule has 0 amide bonds. The van der Waals surface area contributed by atoms with Gasteiger partial charge in [-0.1, -0.05) is 23.7 Å². The molecule has 0 saturated heterocycles. The standard InChI is InChI=1S/C18H22ClN3O2/c1-18(2,23-3)8-9-24-17-16(21)10-15(11-20)22(17)12-13-4-6-14(19)7-5-13/h4-7,10H,8-9,12,21H2,1-3H3. The molecule has 0 aliphatic rings. The number of hydrogen-bond acceptors (Lipinski definition) is 4. The minimum absolute atomic E-state index is 0.277. The number of nitrogens with two attached hydrogens (primary N) is 1. The monoisotopic (exact) mass is 347 g/mol. The number of ether oxygens (including phenoxy) is 2. The van der Waals surface area contributed by atoms with Crippen LogP contribution in [0, 0.1) is 11.3 Å². The summed E-state index contributed by atoms with van der Waals surface area (Å²) >= 11 is 5.92. The van der Waals surface area contributed by atoms with Crippen LogP contribution in [0.2, 0.25) is 5.02 Å². The van der Waals surface area contributed by atoms with Crippen LogP contribution < -0.4 is 10.5 Å². The molecule has 1 aromatic carbocycles. The highest BCUT2D eigenvalue weighted by Gasteiger charge is 2.19. The van der Waals surface area contributed by atoms with E-state index in [2.05, 4.69) is 6.07 Å². The van der Waals surface area contributed by atoms with E-state index in [1.54, 1.807) is 17.7 Å². The fourth-order valence-corrected chi connectivity index (χ4v) is 2.36. The first kappa shape index (κ1) is 18.2. The van der Waals surface area contributed by atoms with E-state index >= 15 is 0 Å². The fourth-order valence-electron chi connectivity index (χ4n) is 2.23. The van der Waals surface area contributed by atoms with E-state index < -0.39 is 0 Å². The van der Waals surface area contributed by atoms with E-state index in [9.17, 15) is 5.26 Å². The van der Waals surface area contributed by atoms with Crippen LogP contribution in [0.4, 0.5) is 5.69 Å². The minimum atomic E-state index is -0.277. The number of nitrogens with zero attached hydrogens (tertiary/aromatic N) is 2. The SMILES string of the molecule is COC(C)(C)CCOc1c(N)cc(C#N)n1Cc1ccc(Cl)cc1. The van der Waals surface area contributed by atoms with Gasteiger partial charge in [0, 0.05) is 24.6 Å². The van der Waals surface area contributed by atoms with Gasteiger partial charge in [-0.2, -0.15) is 5.26 Å². The maximum Gasteiger partial charge on any atom is 0.218 e. The second kappa shape index (κ2) is 7.61. The number of nitrogen functional groups attached to an aromatic ring is 1. The Kier molecular flexibility index (Phi) is 5.76. The summed E-state index contributed by atoms with van der Waals surface area (Å²) in [4.78, 5) is 0. The lowest BCUT2D eigenvalue weighted by Gasteiger charge is -2.23. The zero-order chi connectivity index (χ0) is 17.7. The number of nitriles is 1. The van der Waals surface area contributed by atoms with Crippen molar-refractivity contribution in [3.05, 3.63) is 46.6 Å². The van der Waals surface area contributed by atoms with Crippen LogP contribution in [0.25, 0.3) is 0 Å². The van der Waals surface area contributed by atoms with Gasteiger partial charge < -0.3 is 15.2 Å². The second-order valence-electron chi connectivity index (χ2n) is 6.18. The van der Waals surface area contributed by atoms with Crippen molar-refractivity contribution in [3.8, 4) is 11.9 Å².